The molecule has 1 aromatic rings. The summed E-state index contributed by atoms with van der Waals surface area (Å²) in [4.78, 5) is 54.3. The third-order valence-corrected chi connectivity index (χ3v) is 11.1. The number of ether oxygens (including phenoxy) is 8. The highest BCUT2D eigenvalue weighted by Gasteiger charge is 2.82. The van der Waals surface area contributed by atoms with Crippen LogP contribution >= 0.6 is 0 Å². The fourth-order valence-electron chi connectivity index (χ4n) is 9.05. The smallest absolute Gasteiger partial charge is 0.454 e. The molecule has 14 nitrogen and oxygen atoms in total. The van der Waals surface area contributed by atoms with Crippen molar-refractivity contribution >= 4 is 24.1 Å². The Kier molecular flexibility index (Phi) is 7.99. The first-order chi connectivity index (χ1) is 22.1. The quantitative estimate of drug-likeness (QED) is 0.196. The molecule has 1 aromatic carbocycles. The number of hydrogen-bond donors (Lipinski definition) is 2. The SMILES string of the molecule is COC(=O)O[C@H]1C(=O)[C@]2(C)[C@@H](OC)C[C@H]3OC[C@@]3(OC(C)=O)[C@H]2[C@H](OC(O)c2ccccc2)[C@]23OC(=O)O[C@H]2[C@H](O)C(C)=C1C3(C)C. The zero-order valence-electron chi connectivity index (χ0n) is 27.2. The van der Waals surface area contributed by atoms with Crippen LogP contribution in [0.1, 0.15) is 52.9 Å². The van der Waals surface area contributed by atoms with Crippen LogP contribution in [-0.2, 0) is 47.5 Å². The van der Waals surface area contributed by atoms with Crippen molar-refractivity contribution in [3.8, 4) is 0 Å². The minimum atomic E-state index is -2.03. The van der Waals surface area contributed by atoms with Gasteiger partial charge in [-0.15, -0.1) is 0 Å². The maximum Gasteiger partial charge on any atom is 0.509 e. The van der Waals surface area contributed by atoms with Gasteiger partial charge in [-0.2, -0.15) is 0 Å². The van der Waals surface area contributed by atoms with Crippen LogP contribution in [0.25, 0.3) is 0 Å². The molecule has 3 aliphatic carbocycles. The van der Waals surface area contributed by atoms with E-state index in [0.29, 0.717) is 5.56 Å². The molecule has 5 aliphatic rings. The molecule has 47 heavy (non-hydrogen) atoms. The van der Waals surface area contributed by atoms with Crippen molar-refractivity contribution in [1.82, 2.24) is 0 Å². The minimum Gasteiger partial charge on any atom is -0.454 e. The average Bonchev–Trinajstić information content (AvgIpc) is 3.39. The van der Waals surface area contributed by atoms with Crippen LogP contribution in [0.15, 0.2) is 41.5 Å². The van der Waals surface area contributed by atoms with E-state index in [0.717, 1.165) is 7.11 Å². The fraction of sp³-hybridized carbons (Fsp3) is 0.636. The number of aliphatic hydroxyl groups excluding tert-OH is 2. The van der Waals surface area contributed by atoms with E-state index in [2.05, 4.69) is 0 Å². The molecule has 0 amide bonds. The standard InChI is InChI=1S/C33H40O14/c1-15-20-22(43-28(38)41-7)24(36)31(5)18(40-6)13-19-32(14-42-19,46-16(2)34)23(31)26(44-27(37)17-11-9-8-10-12-17)33(30(20,3)4)25(21(15)35)45-29(39)47-33/h8-12,18-19,21-23,25-27,35,37H,13-14H2,1-7H3/t18-,19+,21+,22+,23-,25-,26-,27?,31+,32-,33+/m0/s1. The van der Waals surface area contributed by atoms with Crippen LogP contribution in [0.3, 0.4) is 0 Å². The highest BCUT2D eigenvalue weighted by molar-refractivity contribution is 5.95. The van der Waals surface area contributed by atoms with E-state index in [9.17, 15) is 24.6 Å². The summed E-state index contributed by atoms with van der Waals surface area (Å²) < 4.78 is 47.1. The lowest BCUT2D eigenvalue weighted by atomic mass is 9.44. The van der Waals surface area contributed by atoms with Crippen molar-refractivity contribution in [3.63, 3.8) is 0 Å². The Morgan fingerprint density at radius 3 is 2.34 bits per heavy atom. The monoisotopic (exact) mass is 660 g/mol. The molecular weight excluding hydrogens is 620 g/mol. The van der Waals surface area contributed by atoms with Gasteiger partial charge in [0.2, 0.25) is 0 Å². The number of benzene rings is 1. The van der Waals surface area contributed by atoms with Crippen LogP contribution in [0.4, 0.5) is 9.59 Å². The normalized spacial score (nSPS) is 40.6. The molecule has 2 aliphatic heterocycles. The Hall–Kier alpha value is -3.56. The highest BCUT2D eigenvalue weighted by Crippen LogP contribution is 2.67. The summed E-state index contributed by atoms with van der Waals surface area (Å²) in [5.74, 6) is -2.68. The van der Waals surface area contributed by atoms with Gasteiger partial charge in [-0.1, -0.05) is 44.2 Å². The van der Waals surface area contributed by atoms with Gasteiger partial charge in [0.15, 0.2) is 35.5 Å². The van der Waals surface area contributed by atoms with E-state index >= 15 is 4.79 Å². The largest absolute Gasteiger partial charge is 0.509 e. The Bertz CT molecular complexity index is 1510. The molecule has 2 saturated carbocycles. The van der Waals surface area contributed by atoms with Crippen molar-refractivity contribution in [2.24, 2.45) is 16.7 Å². The average molecular weight is 661 g/mol. The Morgan fingerprint density at radius 1 is 1.09 bits per heavy atom. The van der Waals surface area contributed by atoms with Gasteiger partial charge >= 0.3 is 18.3 Å². The number of esters is 1. The molecule has 6 rings (SSSR count). The first-order valence-electron chi connectivity index (χ1n) is 15.4. The lowest BCUT2D eigenvalue weighted by Crippen LogP contribution is -2.83. The first-order valence-corrected chi connectivity index (χ1v) is 15.4. The van der Waals surface area contributed by atoms with Gasteiger partial charge in [-0.05, 0) is 25.0 Å². The van der Waals surface area contributed by atoms with Gasteiger partial charge in [0.1, 0.15) is 18.3 Å². The van der Waals surface area contributed by atoms with Crippen molar-refractivity contribution < 1.29 is 67.3 Å². The van der Waals surface area contributed by atoms with Gasteiger partial charge in [0.25, 0.3) is 0 Å². The maximum absolute atomic E-state index is 15.3. The van der Waals surface area contributed by atoms with E-state index in [1.165, 1.54) is 14.0 Å². The third-order valence-electron chi connectivity index (χ3n) is 11.1. The lowest BCUT2D eigenvalue weighted by Gasteiger charge is -2.68. The summed E-state index contributed by atoms with van der Waals surface area (Å²) in [7, 11) is 2.49. The number of hydrogen-bond acceptors (Lipinski definition) is 14. The zero-order chi connectivity index (χ0) is 34.3. The molecule has 1 spiro atoms. The number of fused-ring (bicyclic) bond motifs is 4. The Morgan fingerprint density at radius 2 is 1.77 bits per heavy atom. The zero-order valence-corrected chi connectivity index (χ0v) is 27.2. The molecule has 2 bridgehead atoms. The third kappa shape index (κ3) is 4.41. The topological polar surface area (TPSA) is 183 Å². The summed E-state index contributed by atoms with van der Waals surface area (Å²) in [6.07, 6.45) is -11.9. The van der Waals surface area contributed by atoms with Crippen LogP contribution in [0.2, 0.25) is 0 Å². The van der Waals surface area contributed by atoms with Crippen molar-refractivity contribution in [2.75, 3.05) is 20.8 Å². The second kappa shape index (κ2) is 11.3. The van der Waals surface area contributed by atoms with Gasteiger partial charge in [-0.3, -0.25) is 9.59 Å². The molecular formula is C33H40O14. The van der Waals surface area contributed by atoms with E-state index < -0.39 is 94.9 Å². The van der Waals surface area contributed by atoms with Crippen LogP contribution < -0.4 is 0 Å². The molecule has 14 heteroatoms. The lowest BCUT2D eigenvalue weighted by molar-refractivity contribution is -0.362. The van der Waals surface area contributed by atoms with Crippen LogP contribution in [0.5, 0.6) is 0 Å². The number of aliphatic hydroxyl groups is 2. The number of ketones is 1. The second-order valence-electron chi connectivity index (χ2n) is 13.6. The van der Waals surface area contributed by atoms with Crippen molar-refractivity contribution in [1.29, 1.82) is 0 Å². The number of methoxy groups -OCH3 is 2. The number of carbonyl (C=O) groups is 4. The number of rotatable bonds is 6. The predicted molar refractivity (Wildman–Crippen MR) is 156 cm³/mol. The summed E-state index contributed by atoms with van der Waals surface area (Å²) in [5, 5.41) is 23.5. The molecule has 0 radical (unpaired) electrons. The van der Waals surface area contributed by atoms with Crippen molar-refractivity contribution in [3.05, 3.63) is 47.0 Å². The Labute approximate surface area is 271 Å². The molecule has 2 N–H and O–H groups in total. The molecule has 0 aromatic heterocycles. The maximum atomic E-state index is 15.3. The van der Waals surface area contributed by atoms with Crippen LogP contribution in [-0.4, -0.2) is 103 Å². The van der Waals surface area contributed by atoms with E-state index in [4.69, 9.17) is 37.9 Å². The fourth-order valence-corrected chi connectivity index (χ4v) is 9.05. The molecule has 2 saturated heterocycles. The molecule has 256 valence electrons. The molecule has 2 heterocycles. The highest BCUT2D eigenvalue weighted by atomic mass is 16.8. The van der Waals surface area contributed by atoms with E-state index in [1.54, 1.807) is 58.0 Å². The van der Waals surface area contributed by atoms with E-state index in [1.807, 2.05) is 0 Å². The predicted octanol–water partition coefficient (Wildman–Crippen LogP) is 2.53. The minimum absolute atomic E-state index is 0.0815. The summed E-state index contributed by atoms with van der Waals surface area (Å²) in [6, 6.07) is 8.38. The summed E-state index contributed by atoms with van der Waals surface area (Å²) >= 11 is 0. The molecule has 4 fully saturated rings. The number of carbonyl (C=O) groups excluding carboxylic acids is 4. The van der Waals surface area contributed by atoms with Crippen LogP contribution in [0, 0.1) is 16.7 Å². The summed E-state index contributed by atoms with van der Waals surface area (Å²) in [6.45, 7) is 7.43. The molecule has 1 unspecified atom stereocenters. The van der Waals surface area contributed by atoms with Gasteiger partial charge in [0, 0.05) is 37.4 Å². The van der Waals surface area contributed by atoms with Crippen molar-refractivity contribution in [2.45, 2.75) is 95.2 Å². The summed E-state index contributed by atoms with van der Waals surface area (Å²) in [5.41, 5.74) is -6.23. The van der Waals surface area contributed by atoms with Gasteiger partial charge in [0.05, 0.1) is 25.2 Å². The first kappa shape index (κ1) is 33.3. The molecule has 11 atom stereocenters. The van der Waals surface area contributed by atoms with E-state index in [-0.39, 0.29) is 24.2 Å². The van der Waals surface area contributed by atoms with Gasteiger partial charge in [-0.25, -0.2) is 9.59 Å². The number of Topliss-reactive ketones (excluding diaryl/α,β-unsaturated/α-hetero) is 1. The Balaban J connectivity index is 1.72. The second-order valence-corrected chi connectivity index (χ2v) is 13.6. The van der Waals surface area contributed by atoms with Gasteiger partial charge < -0.3 is 48.1 Å².